The van der Waals surface area contributed by atoms with Gasteiger partial charge in [0.05, 0.1) is 5.92 Å². The zero-order valence-corrected chi connectivity index (χ0v) is 9.33. The van der Waals surface area contributed by atoms with Crippen LogP contribution < -0.4 is 15.2 Å². The lowest BCUT2D eigenvalue weighted by molar-refractivity contribution is -0.138. The summed E-state index contributed by atoms with van der Waals surface area (Å²) in [5.41, 5.74) is 5.20. The van der Waals surface area contributed by atoms with Crippen LogP contribution in [0, 0.1) is 5.82 Å². The number of carboxylic acid groups (broad SMARTS) is 1. The molecule has 0 spiro atoms. The summed E-state index contributed by atoms with van der Waals surface area (Å²) >= 11 is 5.74. The Labute approximate surface area is 101 Å². The lowest BCUT2D eigenvalue weighted by Crippen LogP contribution is -2.22. The summed E-state index contributed by atoms with van der Waals surface area (Å²) in [7, 11) is 0. The molecule has 7 heteroatoms. The molecule has 0 aliphatic carbocycles. The van der Waals surface area contributed by atoms with Crippen molar-refractivity contribution in [3.8, 4) is 11.5 Å². The van der Waals surface area contributed by atoms with Gasteiger partial charge in [0, 0.05) is 12.1 Å². The number of halogens is 2. The molecule has 1 heterocycles. The molecule has 1 atom stereocenters. The van der Waals surface area contributed by atoms with Crippen LogP contribution in [-0.2, 0) is 4.79 Å². The van der Waals surface area contributed by atoms with E-state index in [4.69, 9.17) is 31.9 Å². The fourth-order valence-electron chi connectivity index (χ4n) is 1.61. The monoisotopic (exact) mass is 261 g/mol. The molecule has 0 amide bonds. The van der Waals surface area contributed by atoms with E-state index in [9.17, 15) is 9.18 Å². The van der Waals surface area contributed by atoms with Crippen LogP contribution in [0.5, 0.6) is 11.5 Å². The third-order valence-corrected chi connectivity index (χ3v) is 2.82. The zero-order valence-electron chi connectivity index (χ0n) is 8.57. The molecule has 0 bridgehead atoms. The molecule has 5 nitrogen and oxygen atoms in total. The summed E-state index contributed by atoms with van der Waals surface area (Å²) in [4.78, 5) is 10.9. The number of rotatable bonds is 3. The molecule has 92 valence electrons. The molecule has 0 aromatic heterocycles. The number of carboxylic acids is 1. The molecule has 1 unspecified atom stereocenters. The molecule has 1 aromatic carbocycles. The highest BCUT2D eigenvalue weighted by Gasteiger charge is 2.29. The summed E-state index contributed by atoms with van der Waals surface area (Å²) in [6.07, 6.45) is 0. The van der Waals surface area contributed by atoms with Gasteiger partial charge in [0.25, 0.3) is 0 Å². The van der Waals surface area contributed by atoms with Gasteiger partial charge in [0.1, 0.15) is 10.8 Å². The van der Waals surface area contributed by atoms with Gasteiger partial charge in [-0.25, -0.2) is 4.39 Å². The fourth-order valence-corrected chi connectivity index (χ4v) is 1.87. The van der Waals surface area contributed by atoms with Gasteiger partial charge in [-0.15, -0.1) is 0 Å². The van der Waals surface area contributed by atoms with E-state index in [-0.39, 0.29) is 35.4 Å². The number of nitrogens with two attached hydrogens (primary N) is 1. The van der Waals surface area contributed by atoms with Gasteiger partial charge in [-0.05, 0) is 6.07 Å². The first-order valence-corrected chi connectivity index (χ1v) is 5.14. The molecule has 1 aromatic rings. The number of ether oxygens (including phenoxy) is 2. The molecule has 0 radical (unpaired) electrons. The third kappa shape index (κ3) is 1.89. The Hall–Kier alpha value is -1.53. The molecular weight excluding hydrogens is 253 g/mol. The second-order valence-electron chi connectivity index (χ2n) is 3.45. The van der Waals surface area contributed by atoms with E-state index in [1.54, 1.807) is 0 Å². The highest BCUT2D eigenvalue weighted by Crippen LogP contribution is 2.43. The van der Waals surface area contributed by atoms with Gasteiger partial charge in [0.15, 0.2) is 11.5 Å². The predicted molar refractivity (Wildman–Crippen MR) is 57.0 cm³/mol. The first-order chi connectivity index (χ1) is 8.06. The minimum absolute atomic E-state index is 0.0711. The Morgan fingerprint density at radius 1 is 1.65 bits per heavy atom. The van der Waals surface area contributed by atoms with Crippen LogP contribution in [0.25, 0.3) is 0 Å². The van der Waals surface area contributed by atoms with Crippen LogP contribution in [0.2, 0.25) is 5.02 Å². The molecule has 17 heavy (non-hydrogen) atoms. The lowest BCUT2D eigenvalue weighted by Gasteiger charge is -2.13. The molecule has 1 aliphatic heterocycles. The average molecular weight is 262 g/mol. The van der Waals surface area contributed by atoms with Crippen molar-refractivity contribution < 1.29 is 23.8 Å². The summed E-state index contributed by atoms with van der Waals surface area (Å²) in [6, 6.07) is 1.26. The molecule has 1 aliphatic rings. The quantitative estimate of drug-likeness (QED) is 0.858. The SMILES string of the molecule is NCC(C(=O)O)c1cc2c(c(Cl)c1F)OCO2. The number of hydrogen-bond donors (Lipinski definition) is 2. The molecule has 3 N–H and O–H groups in total. The van der Waals surface area contributed by atoms with Gasteiger partial charge in [-0.3, -0.25) is 4.79 Å². The van der Waals surface area contributed by atoms with Gasteiger partial charge >= 0.3 is 5.97 Å². The number of fused-ring (bicyclic) bond motifs is 1. The number of benzene rings is 1. The minimum Gasteiger partial charge on any atom is -0.481 e. The standard InChI is InChI=1S/C10H9ClFNO4/c11-7-8(12)4(5(2-13)10(14)15)1-6-9(7)17-3-16-6/h1,5H,2-3,13H2,(H,14,15). The van der Waals surface area contributed by atoms with Crippen molar-refractivity contribution >= 4 is 17.6 Å². The molecule has 0 saturated heterocycles. The van der Waals surface area contributed by atoms with Crippen molar-refractivity contribution in [3.63, 3.8) is 0 Å². The van der Waals surface area contributed by atoms with Gasteiger partial charge in [-0.1, -0.05) is 11.6 Å². The molecular formula is C10H9ClFNO4. The average Bonchev–Trinajstić information content (AvgIpc) is 2.73. The van der Waals surface area contributed by atoms with E-state index in [1.807, 2.05) is 0 Å². The summed E-state index contributed by atoms with van der Waals surface area (Å²) < 4.78 is 23.9. The van der Waals surface area contributed by atoms with Crippen LogP contribution in [0.1, 0.15) is 11.5 Å². The molecule has 2 rings (SSSR count). The van der Waals surface area contributed by atoms with E-state index in [0.29, 0.717) is 0 Å². The highest BCUT2D eigenvalue weighted by atomic mass is 35.5. The number of aliphatic carboxylic acids is 1. The first-order valence-electron chi connectivity index (χ1n) is 4.76. The van der Waals surface area contributed by atoms with E-state index in [0.717, 1.165) is 0 Å². The molecule has 0 saturated carbocycles. The molecule has 0 fully saturated rings. The van der Waals surface area contributed by atoms with E-state index < -0.39 is 17.7 Å². The zero-order chi connectivity index (χ0) is 12.6. The Kier molecular flexibility index (Phi) is 3.08. The van der Waals surface area contributed by atoms with Crippen molar-refractivity contribution in [3.05, 3.63) is 22.5 Å². The number of carbonyl (C=O) groups is 1. The van der Waals surface area contributed by atoms with Crippen LogP contribution in [0.3, 0.4) is 0 Å². The topological polar surface area (TPSA) is 81.8 Å². The van der Waals surface area contributed by atoms with E-state index in [2.05, 4.69) is 0 Å². The Morgan fingerprint density at radius 2 is 2.35 bits per heavy atom. The normalized spacial score (nSPS) is 14.8. The highest BCUT2D eigenvalue weighted by molar-refractivity contribution is 6.32. The Bertz CT molecular complexity index is 480. The van der Waals surface area contributed by atoms with Crippen molar-refractivity contribution in [1.82, 2.24) is 0 Å². The smallest absolute Gasteiger partial charge is 0.312 e. The van der Waals surface area contributed by atoms with Crippen molar-refractivity contribution in [2.75, 3.05) is 13.3 Å². The first kappa shape index (κ1) is 11.9. The maximum Gasteiger partial charge on any atom is 0.312 e. The van der Waals surface area contributed by atoms with Gasteiger partial charge in [0.2, 0.25) is 6.79 Å². The Balaban J connectivity index is 2.55. The van der Waals surface area contributed by atoms with Crippen LogP contribution in [-0.4, -0.2) is 24.4 Å². The minimum atomic E-state index is -1.22. The summed E-state index contributed by atoms with van der Waals surface area (Å²) in [6.45, 7) is -0.305. The lowest BCUT2D eigenvalue weighted by atomic mass is 9.98. The van der Waals surface area contributed by atoms with E-state index >= 15 is 0 Å². The van der Waals surface area contributed by atoms with Crippen molar-refractivity contribution in [2.24, 2.45) is 5.73 Å². The van der Waals surface area contributed by atoms with Crippen LogP contribution >= 0.6 is 11.6 Å². The van der Waals surface area contributed by atoms with Crippen LogP contribution in [0.4, 0.5) is 4.39 Å². The summed E-state index contributed by atoms with van der Waals surface area (Å²) in [5.74, 6) is -2.91. The Morgan fingerprint density at radius 3 is 2.94 bits per heavy atom. The van der Waals surface area contributed by atoms with Crippen molar-refractivity contribution in [1.29, 1.82) is 0 Å². The van der Waals surface area contributed by atoms with Crippen LogP contribution in [0.15, 0.2) is 6.07 Å². The van der Waals surface area contributed by atoms with Gasteiger partial charge in [-0.2, -0.15) is 0 Å². The van der Waals surface area contributed by atoms with E-state index in [1.165, 1.54) is 6.07 Å². The third-order valence-electron chi connectivity index (χ3n) is 2.48. The van der Waals surface area contributed by atoms with Crippen molar-refractivity contribution in [2.45, 2.75) is 5.92 Å². The van der Waals surface area contributed by atoms with Gasteiger partial charge < -0.3 is 20.3 Å². The maximum atomic E-state index is 13.9. The summed E-state index contributed by atoms with van der Waals surface area (Å²) in [5, 5.41) is 8.65. The maximum absolute atomic E-state index is 13.9. The second kappa shape index (κ2) is 4.38. The second-order valence-corrected chi connectivity index (χ2v) is 3.83. The predicted octanol–water partition coefficient (Wildman–Crippen LogP) is 1.33. The fraction of sp³-hybridized carbons (Fsp3) is 0.300. The number of hydrogen-bond acceptors (Lipinski definition) is 4. The largest absolute Gasteiger partial charge is 0.481 e.